The molecular formula is C20H32ClIN4O. The van der Waals surface area contributed by atoms with Gasteiger partial charge in [0.2, 0.25) is 0 Å². The van der Waals surface area contributed by atoms with Gasteiger partial charge in [0, 0.05) is 37.7 Å². The predicted octanol–water partition coefficient (Wildman–Crippen LogP) is 3.93. The monoisotopic (exact) mass is 506 g/mol. The molecule has 1 aliphatic heterocycles. The fraction of sp³-hybridized carbons (Fsp3) is 0.550. The highest BCUT2D eigenvalue weighted by Gasteiger charge is 2.20. The number of piperidine rings is 1. The van der Waals surface area contributed by atoms with Crippen LogP contribution in [0.25, 0.3) is 0 Å². The Balaban J connectivity index is 0.00000364. The van der Waals surface area contributed by atoms with Crippen LogP contribution in [-0.4, -0.2) is 56.2 Å². The summed E-state index contributed by atoms with van der Waals surface area (Å²) < 4.78 is 5.89. The Morgan fingerprint density at radius 1 is 1.33 bits per heavy atom. The Morgan fingerprint density at radius 3 is 2.52 bits per heavy atom. The molecule has 1 atom stereocenters. The quantitative estimate of drug-likeness (QED) is 0.255. The number of aliphatic imine (C=N–C) groups is 1. The number of halogens is 2. The Labute approximate surface area is 185 Å². The Kier molecular flexibility index (Phi) is 11.1. The minimum absolute atomic E-state index is 0. The molecule has 0 spiro atoms. The van der Waals surface area contributed by atoms with E-state index in [1.54, 1.807) is 7.05 Å². The molecule has 0 aromatic heterocycles. The highest BCUT2D eigenvalue weighted by molar-refractivity contribution is 14.0. The summed E-state index contributed by atoms with van der Waals surface area (Å²) in [6.45, 7) is 12.0. The van der Waals surface area contributed by atoms with Crippen molar-refractivity contribution in [2.24, 2.45) is 4.99 Å². The first-order valence-corrected chi connectivity index (χ1v) is 9.60. The van der Waals surface area contributed by atoms with Crippen molar-refractivity contribution >= 4 is 41.5 Å². The lowest BCUT2D eigenvalue weighted by atomic mass is 10.0. The van der Waals surface area contributed by atoms with Crippen LogP contribution in [-0.2, 0) is 0 Å². The summed E-state index contributed by atoms with van der Waals surface area (Å²) in [6, 6.07) is 7.88. The first-order valence-electron chi connectivity index (χ1n) is 9.22. The lowest BCUT2D eigenvalue weighted by Crippen LogP contribution is -2.50. The van der Waals surface area contributed by atoms with Crippen LogP contribution in [0.4, 0.5) is 0 Å². The Morgan fingerprint density at radius 2 is 1.96 bits per heavy atom. The van der Waals surface area contributed by atoms with E-state index in [1.165, 1.54) is 5.57 Å². The van der Waals surface area contributed by atoms with E-state index in [9.17, 15) is 0 Å². The van der Waals surface area contributed by atoms with E-state index < -0.39 is 0 Å². The van der Waals surface area contributed by atoms with E-state index in [2.05, 4.69) is 34.0 Å². The number of rotatable bonds is 7. The molecule has 1 unspecified atom stereocenters. The second-order valence-electron chi connectivity index (χ2n) is 6.99. The van der Waals surface area contributed by atoms with Gasteiger partial charge in [-0.1, -0.05) is 23.8 Å². The average Bonchev–Trinajstić information content (AvgIpc) is 2.61. The maximum atomic E-state index is 5.90. The number of likely N-dealkylation sites (tertiary alicyclic amines) is 1. The predicted molar refractivity (Wildman–Crippen MR) is 126 cm³/mol. The summed E-state index contributed by atoms with van der Waals surface area (Å²) in [4.78, 5) is 6.79. The molecule has 2 rings (SSSR count). The van der Waals surface area contributed by atoms with Crippen molar-refractivity contribution in [1.82, 2.24) is 15.5 Å². The topological polar surface area (TPSA) is 48.9 Å². The minimum atomic E-state index is 0. The maximum Gasteiger partial charge on any atom is 0.191 e. The summed E-state index contributed by atoms with van der Waals surface area (Å²) >= 11 is 5.90. The van der Waals surface area contributed by atoms with E-state index in [4.69, 9.17) is 16.3 Å². The molecular weight excluding hydrogens is 475 g/mol. The van der Waals surface area contributed by atoms with Crippen molar-refractivity contribution in [2.45, 2.75) is 38.8 Å². The zero-order valence-electron chi connectivity index (χ0n) is 16.5. The van der Waals surface area contributed by atoms with E-state index in [0.29, 0.717) is 17.6 Å². The van der Waals surface area contributed by atoms with Gasteiger partial charge >= 0.3 is 0 Å². The Bertz CT molecular complexity index is 601. The summed E-state index contributed by atoms with van der Waals surface area (Å²) in [5.41, 5.74) is 1.23. The number of nitrogens with zero attached hydrogens (tertiary/aromatic N) is 2. The lowest BCUT2D eigenvalue weighted by molar-refractivity contribution is 0.217. The molecule has 0 radical (unpaired) electrons. The maximum absolute atomic E-state index is 5.90. The fourth-order valence-corrected chi connectivity index (χ4v) is 3.16. The van der Waals surface area contributed by atoms with Gasteiger partial charge in [-0.2, -0.15) is 0 Å². The van der Waals surface area contributed by atoms with Crippen molar-refractivity contribution in [3.8, 4) is 5.75 Å². The van der Waals surface area contributed by atoms with Crippen molar-refractivity contribution < 1.29 is 4.74 Å². The standard InChI is InChI=1S/C20H31ClN4O.HI/c1-15(2)14-25-11-9-18(10-12-25)24-20(22-4)23-13-16(3)26-19-7-5-17(21)6-8-19;/h5-8,16,18H,1,9-14H2,2-4H3,(H2,22,23,24);1H. The minimum Gasteiger partial charge on any atom is -0.489 e. The van der Waals surface area contributed by atoms with Crippen molar-refractivity contribution in [1.29, 1.82) is 0 Å². The molecule has 1 fully saturated rings. The van der Waals surface area contributed by atoms with E-state index in [-0.39, 0.29) is 30.1 Å². The zero-order valence-corrected chi connectivity index (χ0v) is 19.6. The van der Waals surface area contributed by atoms with Gasteiger partial charge in [0.25, 0.3) is 0 Å². The number of benzene rings is 1. The van der Waals surface area contributed by atoms with Gasteiger partial charge in [0.05, 0.1) is 6.54 Å². The number of hydrogen-bond donors (Lipinski definition) is 2. The highest BCUT2D eigenvalue weighted by atomic mass is 127. The van der Waals surface area contributed by atoms with Crippen molar-refractivity contribution in [2.75, 3.05) is 33.2 Å². The SMILES string of the molecule is C=C(C)CN1CCC(NC(=NC)NCC(C)Oc2ccc(Cl)cc2)CC1.I. The molecule has 1 heterocycles. The van der Waals surface area contributed by atoms with Gasteiger partial charge in [-0.3, -0.25) is 9.89 Å². The molecule has 0 bridgehead atoms. The number of guanidine groups is 1. The second-order valence-corrected chi connectivity index (χ2v) is 7.42. The molecule has 2 N–H and O–H groups in total. The molecule has 0 amide bonds. The van der Waals surface area contributed by atoms with E-state index in [1.807, 2.05) is 31.2 Å². The van der Waals surface area contributed by atoms with Crippen LogP contribution in [0.2, 0.25) is 5.02 Å². The van der Waals surface area contributed by atoms with Gasteiger partial charge in [-0.25, -0.2) is 0 Å². The van der Waals surface area contributed by atoms with Gasteiger partial charge in [-0.05, 0) is 51.0 Å². The van der Waals surface area contributed by atoms with Crippen LogP contribution in [0.3, 0.4) is 0 Å². The van der Waals surface area contributed by atoms with Crippen molar-refractivity contribution in [3.05, 3.63) is 41.4 Å². The van der Waals surface area contributed by atoms with Crippen LogP contribution >= 0.6 is 35.6 Å². The highest BCUT2D eigenvalue weighted by Crippen LogP contribution is 2.16. The number of hydrogen-bond acceptors (Lipinski definition) is 3. The van der Waals surface area contributed by atoms with Gasteiger partial charge in [-0.15, -0.1) is 24.0 Å². The summed E-state index contributed by atoms with van der Waals surface area (Å²) in [7, 11) is 1.80. The molecule has 1 aromatic rings. The molecule has 1 aromatic carbocycles. The van der Waals surface area contributed by atoms with E-state index >= 15 is 0 Å². The van der Waals surface area contributed by atoms with Crippen LogP contribution in [0.1, 0.15) is 26.7 Å². The van der Waals surface area contributed by atoms with Crippen LogP contribution in [0.5, 0.6) is 5.75 Å². The second kappa shape index (κ2) is 12.5. The first kappa shape index (κ1) is 24.0. The lowest BCUT2D eigenvalue weighted by Gasteiger charge is -2.33. The van der Waals surface area contributed by atoms with Crippen molar-refractivity contribution in [3.63, 3.8) is 0 Å². The van der Waals surface area contributed by atoms with Crippen LogP contribution < -0.4 is 15.4 Å². The van der Waals surface area contributed by atoms with Gasteiger partial charge in [0.1, 0.15) is 11.9 Å². The third-order valence-corrected chi connectivity index (χ3v) is 4.61. The smallest absolute Gasteiger partial charge is 0.191 e. The molecule has 0 saturated carbocycles. The third kappa shape index (κ3) is 9.17. The average molecular weight is 507 g/mol. The summed E-state index contributed by atoms with van der Waals surface area (Å²) in [5, 5.41) is 7.58. The number of ether oxygens (including phenoxy) is 1. The number of nitrogens with one attached hydrogen (secondary N) is 2. The summed E-state index contributed by atoms with van der Waals surface area (Å²) in [5.74, 6) is 1.64. The normalized spacial score (nSPS) is 17.0. The van der Waals surface area contributed by atoms with Gasteiger partial charge < -0.3 is 15.4 Å². The fourth-order valence-electron chi connectivity index (χ4n) is 3.03. The van der Waals surface area contributed by atoms with Crippen LogP contribution in [0.15, 0.2) is 41.4 Å². The van der Waals surface area contributed by atoms with Gasteiger partial charge in [0.15, 0.2) is 5.96 Å². The molecule has 7 heteroatoms. The third-order valence-electron chi connectivity index (χ3n) is 4.35. The van der Waals surface area contributed by atoms with E-state index in [0.717, 1.165) is 44.2 Å². The molecule has 152 valence electrons. The molecule has 1 aliphatic rings. The zero-order chi connectivity index (χ0) is 18.9. The molecule has 1 saturated heterocycles. The molecule has 5 nitrogen and oxygen atoms in total. The largest absolute Gasteiger partial charge is 0.489 e. The molecule has 0 aliphatic carbocycles. The molecule has 27 heavy (non-hydrogen) atoms. The first-order chi connectivity index (χ1) is 12.5. The summed E-state index contributed by atoms with van der Waals surface area (Å²) in [6.07, 6.45) is 2.25. The Hall–Kier alpha value is -0.990. The van der Waals surface area contributed by atoms with Crippen LogP contribution in [0, 0.1) is 0 Å².